The predicted molar refractivity (Wildman–Crippen MR) is 97.5 cm³/mol. The van der Waals surface area contributed by atoms with Crippen molar-refractivity contribution in [1.29, 1.82) is 0 Å². The summed E-state index contributed by atoms with van der Waals surface area (Å²) in [6.07, 6.45) is 0.436. The van der Waals surface area contributed by atoms with E-state index >= 15 is 4.39 Å². The Hall–Kier alpha value is -2.94. The number of aromatic hydroxyl groups is 1. The number of carbonyl (C=O) groups excluding carboxylic acids is 1. The molecule has 0 aliphatic heterocycles. The van der Waals surface area contributed by atoms with Crippen LogP contribution in [0.1, 0.15) is 34.0 Å². The van der Waals surface area contributed by atoms with Crippen LogP contribution < -0.4 is 0 Å². The van der Waals surface area contributed by atoms with Crippen molar-refractivity contribution in [2.24, 2.45) is 0 Å². The minimum atomic E-state index is -0.457. The molecule has 0 saturated heterocycles. The molecule has 1 N–H and O–H groups in total. The van der Waals surface area contributed by atoms with E-state index in [2.05, 4.69) is 0 Å². The van der Waals surface area contributed by atoms with E-state index in [1.165, 1.54) is 13.0 Å². The third kappa shape index (κ3) is 3.61. The lowest BCUT2D eigenvalue weighted by Gasteiger charge is -2.12. The molecule has 126 valence electrons. The molecule has 0 radical (unpaired) electrons. The second kappa shape index (κ2) is 6.89. The summed E-state index contributed by atoms with van der Waals surface area (Å²) in [4.78, 5) is 11.6. The van der Waals surface area contributed by atoms with Gasteiger partial charge < -0.3 is 5.11 Å². The molecule has 25 heavy (non-hydrogen) atoms. The van der Waals surface area contributed by atoms with Gasteiger partial charge in [0.2, 0.25) is 0 Å². The zero-order valence-electron chi connectivity index (χ0n) is 14.2. The Labute approximate surface area is 146 Å². The quantitative estimate of drug-likeness (QED) is 0.657. The van der Waals surface area contributed by atoms with Gasteiger partial charge >= 0.3 is 0 Å². The molecular weight excluding hydrogens is 315 g/mol. The van der Waals surface area contributed by atoms with Crippen LogP contribution in [0.2, 0.25) is 0 Å². The third-order valence-electron chi connectivity index (χ3n) is 4.27. The van der Waals surface area contributed by atoms with E-state index in [1.807, 2.05) is 31.2 Å². The standard InChI is InChI=1S/C22H19FO2/c1-14-6-8-16(9-7-14)12-19-10-11-20(25)21(22(19)23)18-5-3-4-17(13-18)15(2)24/h3-11,13,25H,12H2,1-2H3. The molecule has 0 amide bonds. The summed E-state index contributed by atoms with van der Waals surface area (Å²) in [6, 6.07) is 17.7. The first-order valence-electron chi connectivity index (χ1n) is 8.13. The maximum absolute atomic E-state index is 15.1. The fraction of sp³-hybridized carbons (Fsp3) is 0.136. The number of phenols is 1. The van der Waals surface area contributed by atoms with Gasteiger partial charge in [-0.3, -0.25) is 4.79 Å². The van der Waals surface area contributed by atoms with Crippen LogP contribution in [-0.2, 0) is 6.42 Å². The predicted octanol–water partition coefficient (Wildman–Crippen LogP) is 5.30. The monoisotopic (exact) mass is 334 g/mol. The highest BCUT2D eigenvalue weighted by Gasteiger charge is 2.16. The Bertz CT molecular complexity index is 927. The lowest BCUT2D eigenvalue weighted by Crippen LogP contribution is -1.98. The van der Waals surface area contributed by atoms with Crippen molar-refractivity contribution in [3.8, 4) is 16.9 Å². The number of rotatable bonds is 4. The van der Waals surface area contributed by atoms with Crippen molar-refractivity contribution in [1.82, 2.24) is 0 Å². The molecule has 2 nitrogen and oxygen atoms in total. The molecule has 0 aromatic heterocycles. The van der Waals surface area contributed by atoms with E-state index in [1.54, 1.807) is 30.3 Å². The molecular formula is C22H19FO2. The van der Waals surface area contributed by atoms with E-state index < -0.39 is 5.82 Å². The molecule has 0 saturated carbocycles. The van der Waals surface area contributed by atoms with Gasteiger partial charge in [-0.15, -0.1) is 0 Å². The van der Waals surface area contributed by atoms with Gasteiger partial charge in [0.1, 0.15) is 11.6 Å². The highest BCUT2D eigenvalue weighted by atomic mass is 19.1. The minimum absolute atomic E-state index is 0.0995. The zero-order valence-corrected chi connectivity index (χ0v) is 14.2. The SMILES string of the molecule is CC(=O)c1cccc(-c2c(O)ccc(Cc3ccc(C)cc3)c2F)c1. The van der Waals surface area contributed by atoms with Crippen LogP contribution in [0, 0.1) is 12.7 Å². The van der Waals surface area contributed by atoms with Crippen LogP contribution in [0.4, 0.5) is 4.39 Å². The fourth-order valence-electron chi connectivity index (χ4n) is 2.84. The van der Waals surface area contributed by atoms with E-state index in [-0.39, 0.29) is 17.1 Å². The van der Waals surface area contributed by atoms with Crippen LogP contribution in [0.15, 0.2) is 60.7 Å². The number of aryl methyl sites for hydroxylation is 1. The number of benzene rings is 3. The number of hydrogen-bond acceptors (Lipinski definition) is 2. The average molecular weight is 334 g/mol. The van der Waals surface area contributed by atoms with Gasteiger partial charge in [0.15, 0.2) is 5.78 Å². The molecule has 3 aromatic carbocycles. The summed E-state index contributed by atoms with van der Waals surface area (Å²) in [6.45, 7) is 3.47. The van der Waals surface area contributed by atoms with E-state index in [0.717, 1.165) is 11.1 Å². The Morgan fingerprint density at radius 2 is 1.76 bits per heavy atom. The normalized spacial score (nSPS) is 10.7. The van der Waals surface area contributed by atoms with E-state index in [9.17, 15) is 9.90 Å². The molecule has 0 heterocycles. The van der Waals surface area contributed by atoms with E-state index in [0.29, 0.717) is 23.1 Å². The van der Waals surface area contributed by atoms with Crippen molar-refractivity contribution in [3.63, 3.8) is 0 Å². The molecule has 0 atom stereocenters. The van der Waals surface area contributed by atoms with Crippen molar-refractivity contribution >= 4 is 5.78 Å². The second-order valence-electron chi connectivity index (χ2n) is 6.23. The fourth-order valence-corrected chi connectivity index (χ4v) is 2.84. The van der Waals surface area contributed by atoms with Gasteiger partial charge in [0.25, 0.3) is 0 Å². The summed E-state index contributed by atoms with van der Waals surface area (Å²) < 4.78 is 15.1. The molecule has 0 unspecified atom stereocenters. The first-order valence-corrected chi connectivity index (χ1v) is 8.13. The summed E-state index contributed by atoms with van der Waals surface area (Å²) >= 11 is 0. The Morgan fingerprint density at radius 3 is 2.44 bits per heavy atom. The van der Waals surface area contributed by atoms with Crippen LogP contribution in [0.5, 0.6) is 5.75 Å². The topological polar surface area (TPSA) is 37.3 Å². The van der Waals surface area contributed by atoms with Crippen molar-refractivity contribution in [2.45, 2.75) is 20.3 Å². The molecule has 3 rings (SSSR count). The molecule has 3 aromatic rings. The maximum Gasteiger partial charge on any atom is 0.159 e. The maximum atomic E-state index is 15.1. The number of carbonyl (C=O) groups is 1. The third-order valence-corrected chi connectivity index (χ3v) is 4.27. The number of ketones is 1. The molecule has 0 fully saturated rings. The van der Waals surface area contributed by atoms with Crippen LogP contribution in [-0.4, -0.2) is 10.9 Å². The van der Waals surface area contributed by atoms with Crippen molar-refractivity contribution < 1.29 is 14.3 Å². The highest BCUT2D eigenvalue weighted by Crippen LogP contribution is 2.34. The van der Waals surface area contributed by atoms with Crippen molar-refractivity contribution in [2.75, 3.05) is 0 Å². The largest absolute Gasteiger partial charge is 0.507 e. The first kappa shape index (κ1) is 16.9. The number of Topliss-reactive ketones (excluding diaryl/α,β-unsaturated/α-hetero) is 1. The van der Waals surface area contributed by atoms with Crippen LogP contribution >= 0.6 is 0 Å². The lowest BCUT2D eigenvalue weighted by atomic mass is 9.95. The Morgan fingerprint density at radius 1 is 1.04 bits per heavy atom. The molecule has 0 aliphatic rings. The Balaban J connectivity index is 2.04. The van der Waals surface area contributed by atoms with Gasteiger partial charge in [0, 0.05) is 12.0 Å². The Kier molecular flexibility index (Phi) is 4.66. The molecule has 0 aliphatic carbocycles. The average Bonchev–Trinajstić information content (AvgIpc) is 2.60. The van der Waals surface area contributed by atoms with Gasteiger partial charge in [-0.05, 0) is 42.7 Å². The molecule has 3 heteroatoms. The van der Waals surface area contributed by atoms with Gasteiger partial charge in [-0.1, -0.05) is 54.1 Å². The summed E-state index contributed by atoms with van der Waals surface area (Å²) in [5, 5.41) is 10.2. The second-order valence-corrected chi connectivity index (χ2v) is 6.23. The smallest absolute Gasteiger partial charge is 0.159 e. The van der Waals surface area contributed by atoms with Gasteiger partial charge in [0.05, 0.1) is 5.56 Å². The molecule has 0 bridgehead atoms. The van der Waals surface area contributed by atoms with Gasteiger partial charge in [-0.2, -0.15) is 0 Å². The highest BCUT2D eigenvalue weighted by molar-refractivity contribution is 5.95. The van der Waals surface area contributed by atoms with Crippen LogP contribution in [0.25, 0.3) is 11.1 Å². The van der Waals surface area contributed by atoms with Crippen molar-refractivity contribution in [3.05, 3.63) is 88.7 Å². The zero-order chi connectivity index (χ0) is 18.0. The van der Waals surface area contributed by atoms with Crippen LogP contribution in [0.3, 0.4) is 0 Å². The molecule has 0 spiro atoms. The number of halogens is 1. The van der Waals surface area contributed by atoms with E-state index in [4.69, 9.17) is 0 Å². The summed E-state index contributed by atoms with van der Waals surface area (Å²) in [5.74, 6) is -0.690. The lowest BCUT2D eigenvalue weighted by molar-refractivity contribution is 0.101. The van der Waals surface area contributed by atoms with Gasteiger partial charge in [-0.25, -0.2) is 4.39 Å². The summed E-state index contributed by atoms with van der Waals surface area (Å²) in [7, 11) is 0. The number of hydrogen-bond donors (Lipinski definition) is 1. The summed E-state index contributed by atoms with van der Waals surface area (Å²) in [5.41, 5.74) is 3.77. The first-order chi connectivity index (χ1) is 12.0. The minimum Gasteiger partial charge on any atom is -0.507 e. The number of phenolic OH excluding ortho intramolecular Hbond substituents is 1.